The lowest BCUT2D eigenvalue weighted by Gasteiger charge is -2.19. The fourth-order valence-electron chi connectivity index (χ4n) is 3.07. The fourth-order valence-corrected chi connectivity index (χ4v) is 3.07. The van der Waals surface area contributed by atoms with E-state index in [1.54, 1.807) is 43.5 Å². The third kappa shape index (κ3) is 5.20. The van der Waals surface area contributed by atoms with Crippen molar-refractivity contribution in [1.29, 1.82) is 0 Å². The molecule has 1 N–H and O–H groups in total. The summed E-state index contributed by atoms with van der Waals surface area (Å²) in [6.45, 7) is 0. The Hall–Kier alpha value is -3.08. The van der Waals surface area contributed by atoms with Gasteiger partial charge in [0, 0.05) is 17.3 Å². The first-order chi connectivity index (χ1) is 13.2. The molecule has 5 heteroatoms. The Labute approximate surface area is 159 Å². The van der Waals surface area contributed by atoms with Gasteiger partial charge in [0.05, 0.1) is 13.5 Å². The second-order valence-corrected chi connectivity index (χ2v) is 6.47. The zero-order valence-electron chi connectivity index (χ0n) is 15.3. The molecule has 2 aromatic rings. The number of benzene rings is 2. The molecule has 0 fully saturated rings. The maximum atomic E-state index is 12.8. The van der Waals surface area contributed by atoms with Crippen molar-refractivity contribution >= 4 is 17.6 Å². The van der Waals surface area contributed by atoms with Crippen LogP contribution in [0.1, 0.15) is 30.9 Å². The lowest BCUT2D eigenvalue weighted by atomic mass is 10.1. The van der Waals surface area contributed by atoms with E-state index in [9.17, 15) is 9.59 Å². The smallest absolute Gasteiger partial charge is 0.307 e. The molecule has 2 atom stereocenters. The van der Waals surface area contributed by atoms with Crippen molar-refractivity contribution in [3.05, 3.63) is 72.3 Å². The summed E-state index contributed by atoms with van der Waals surface area (Å²) in [5.41, 5.74) is 1.21. The SMILES string of the molecule is COc1cccc(NC(=O)[C@@H](OC(=O)C[C@@H]2C=CCC2)c2ccccc2)c1. The van der Waals surface area contributed by atoms with Crippen LogP contribution in [0.2, 0.25) is 0 Å². The molecule has 0 saturated carbocycles. The van der Waals surface area contributed by atoms with Crippen LogP contribution in [0.5, 0.6) is 5.75 Å². The van der Waals surface area contributed by atoms with Gasteiger partial charge in [-0.3, -0.25) is 9.59 Å². The first kappa shape index (κ1) is 18.7. The first-order valence-corrected chi connectivity index (χ1v) is 9.01. The summed E-state index contributed by atoms with van der Waals surface area (Å²) in [6.07, 6.45) is 5.32. The van der Waals surface area contributed by atoms with Gasteiger partial charge in [0.25, 0.3) is 5.91 Å². The predicted octanol–water partition coefficient (Wildman–Crippen LogP) is 4.27. The van der Waals surface area contributed by atoms with Crippen molar-refractivity contribution in [1.82, 2.24) is 0 Å². The number of hydrogen-bond acceptors (Lipinski definition) is 4. The lowest BCUT2D eigenvalue weighted by molar-refractivity contribution is -0.155. The maximum absolute atomic E-state index is 12.8. The fraction of sp³-hybridized carbons (Fsp3) is 0.273. The van der Waals surface area contributed by atoms with Gasteiger partial charge in [-0.25, -0.2) is 0 Å². The van der Waals surface area contributed by atoms with Crippen molar-refractivity contribution in [3.63, 3.8) is 0 Å². The number of amides is 1. The van der Waals surface area contributed by atoms with E-state index in [2.05, 4.69) is 11.4 Å². The highest BCUT2D eigenvalue weighted by molar-refractivity contribution is 5.96. The number of ether oxygens (including phenoxy) is 2. The molecule has 140 valence electrons. The molecule has 3 rings (SSSR count). The summed E-state index contributed by atoms with van der Waals surface area (Å²) in [4.78, 5) is 25.2. The molecule has 0 aromatic heterocycles. The summed E-state index contributed by atoms with van der Waals surface area (Å²) >= 11 is 0. The molecule has 1 amide bonds. The summed E-state index contributed by atoms with van der Waals surface area (Å²) in [7, 11) is 1.56. The number of carbonyl (C=O) groups is 2. The van der Waals surface area contributed by atoms with Gasteiger partial charge in [0.1, 0.15) is 5.75 Å². The van der Waals surface area contributed by atoms with E-state index < -0.39 is 12.0 Å². The molecule has 0 aliphatic heterocycles. The van der Waals surface area contributed by atoms with Gasteiger partial charge in [-0.1, -0.05) is 48.6 Å². The number of carbonyl (C=O) groups excluding carboxylic acids is 2. The number of hydrogen-bond donors (Lipinski definition) is 1. The minimum absolute atomic E-state index is 0.190. The van der Waals surface area contributed by atoms with E-state index in [1.165, 1.54) is 0 Å². The molecule has 0 heterocycles. The van der Waals surface area contributed by atoms with Gasteiger partial charge in [-0.2, -0.15) is 0 Å². The molecule has 2 aromatic carbocycles. The molecule has 1 aliphatic carbocycles. The molecule has 0 unspecified atom stereocenters. The van der Waals surface area contributed by atoms with Gasteiger partial charge in [0.15, 0.2) is 0 Å². The molecular weight excluding hydrogens is 342 g/mol. The minimum Gasteiger partial charge on any atom is -0.497 e. The van der Waals surface area contributed by atoms with Crippen molar-refractivity contribution < 1.29 is 19.1 Å². The van der Waals surface area contributed by atoms with Crippen LogP contribution in [0.3, 0.4) is 0 Å². The molecule has 27 heavy (non-hydrogen) atoms. The number of nitrogens with one attached hydrogen (secondary N) is 1. The quantitative estimate of drug-likeness (QED) is 0.588. The first-order valence-electron chi connectivity index (χ1n) is 9.01. The predicted molar refractivity (Wildman–Crippen MR) is 103 cm³/mol. The molecule has 1 aliphatic rings. The summed E-state index contributed by atoms with van der Waals surface area (Å²) in [5.74, 6) is 0.0513. The van der Waals surface area contributed by atoms with E-state index in [0.717, 1.165) is 12.8 Å². The third-order valence-electron chi connectivity index (χ3n) is 4.47. The van der Waals surface area contributed by atoms with Gasteiger partial charge in [0.2, 0.25) is 6.10 Å². The monoisotopic (exact) mass is 365 g/mol. The number of rotatable bonds is 7. The van der Waals surface area contributed by atoms with Gasteiger partial charge in [-0.05, 0) is 30.9 Å². The largest absolute Gasteiger partial charge is 0.497 e. The Morgan fingerprint density at radius 2 is 1.96 bits per heavy atom. The van der Waals surface area contributed by atoms with E-state index in [4.69, 9.17) is 9.47 Å². The van der Waals surface area contributed by atoms with Crippen LogP contribution in [0.25, 0.3) is 0 Å². The third-order valence-corrected chi connectivity index (χ3v) is 4.47. The number of esters is 1. The number of methoxy groups -OCH3 is 1. The summed E-state index contributed by atoms with van der Waals surface area (Å²) in [6, 6.07) is 16.1. The Kier molecular flexibility index (Phi) is 6.26. The van der Waals surface area contributed by atoms with Crippen molar-refractivity contribution in [2.75, 3.05) is 12.4 Å². The molecule has 0 spiro atoms. The minimum atomic E-state index is -1.00. The van der Waals surface area contributed by atoms with Crippen LogP contribution >= 0.6 is 0 Å². The molecule has 0 radical (unpaired) electrons. The highest BCUT2D eigenvalue weighted by Crippen LogP contribution is 2.25. The van der Waals surface area contributed by atoms with Gasteiger partial charge < -0.3 is 14.8 Å². The second kappa shape index (κ2) is 9.03. The average Bonchev–Trinajstić information content (AvgIpc) is 3.19. The van der Waals surface area contributed by atoms with Crippen LogP contribution in [0.15, 0.2) is 66.7 Å². The normalized spacial score (nSPS) is 16.6. The van der Waals surface area contributed by atoms with E-state index in [1.807, 2.05) is 24.3 Å². The van der Waals surface area contributed by atoms with Crippen LogP contribution in [-0.4, -0.2) is 19.0 Å². The Bertz CT molecular complexity index is 816. The zero-order chi connectivity index (χ0) is 19.1. The second-order valence-electron chi connectivity index (χ2n) is 6.47. The molecule has 5 nitrogen and oxygen atoms in total. The van der Waals surface area contributed by atoms with Crippen molar-refractivity contribution in [2.24, 2.45) is 5.92 Å². The summed E-state index contributed by atoms with van der Waals surface area (Å²) in [5, 5.41) is 2.80. The zero-order valence-corrected chi connectivity index (χ0v) is 15.3. The van der Waals surface area contributed by atoms with Crippen molar-refractivity contribution in [3.8, 4) is 5.75 Å². The standard InChI is InChI=1S/C22H23NO4/c1-26-19-13-7-12-18(15-19)23-22(25)21(17-10-3-2-4-11-17)27-20(24)14-16-8-5-6-9-16/h2-5,7-8,10-13,15-16,21H,6,9,14H2,1H3,(H,23,25)/t16-,21+/m1/s1. The molecule has 0 bridgehead atoms. The maximum Gasteiger partial charge on any atom is 0.307 e. The Morgan fingerprint density at radius 1 is 1.15 bits per heavy atom. The van der Waals surface area contributed by atoms with Crippen molar-refractivity contribution in [2.45, 2.75) is 25.4 Å². The van der Waals surface area contributed by atoms with Crippen LogP contribution < -0.4 is 10.1 Å². The van der Waals surface area contributed by atoms with E-state index in [-0.39, 0.29) is 18.3 Å². The summed E-state index contributed by atoms with van der Waals surface area (Å²) < 4.78 is 10.8. The van der Waals surface area contributed by atoms with E-state index >= 15 is 0 Å². The van der Waals surface area contributed by atoms with Gasteiger partial charge in [-0.15, -0.1) is 0 Å². The highest BCUT2D eigenvalue weighted by atomic mass is 16.5. The lowest BCUT2D eigenvalue weighted by Crippen LogP contribution is -2.26. The number of allylic oxidation sites excluding steroid dienone is 2. The molecular formula is C22H23NO4. The average molecular weight is 365 g/mol. The van der Waals surface area contributed by atoms with Crippen LogP contribution in [0.4, 0.5) is 5.69 Å². The van der Waals surface area contributed by atoms with Crippen LogP contribution in [-0.2, 0) is 14.3 Å². The van der Waals surface area contributed by atoms with Crippen LogP contribution in [0, 0.1) is 5.92 Å². The van der Waals surface area contributed by atoms with Gasteiger partial charge >= 0.3 is 5.97 Å². The van der Waals surface area contributed by atoms with E-state index in [0.29, 0.717) is 17.0 Å². The molecule has 0 saturated heterocycles. The Balaban J connectivity index is 1.73. The number of anilines is 1. The Morgan fingerprint density at radius 3 is 2.67 bits per heavy atom. The highest BCUT2D eigenvalue weighted by Gasteiger charge is 2.26. The topological polar surface area (TPSA) is 64.6 Å².